The van der Waals surface area contributed by atoms with Gasteiger partial charge >= 0.3 is 0 Å². The lowest BCUT2D eigenvalue weighted by Gasteiger charge is -2.34. The molecule has 44 heavy (non-hydrogen) atoms. The van der Waals surface area contributed by atoms with Crippen LogP contribution in [0.15, 0.2) is 108 Å². The number of nitrogens with zero attached hydrogens (tertiary/aromatic N) is 2. The lowest BCUT2D eigenvalue weighted by molar-refractivity contribution is -0.140. The molecule has 4 rings (SSSR count). The smallest absolute Gasteiger partial charge is 0.264 e. The Morgan fingerprint density at radius 2 is 1.55 bits per heavy atom. The molecule has 0 spiro atoms. The maximum Gasteiger partial charge on any atom is 0.264 e. The molecule has 1 N–H and O–H groups in total. The third kappa shape index (κ3) is 7.98. The van der Waals surface area contributed by atoms with Gasteiger partial charge in [-0.2, -0.15) is 0 Å². The molecule has 0 heterocycles. The zero-order chi connectivity index (χ0) is 31.7. The molecule has 0 aliphatic rings. The zero-order valence-electron chi connectivity index (χ0n) is 24.9. The molecule has 8 nitrogen and oxygen atoms in total. The number of anilines is 1. The molecule has 0 saturated carbocycles. The second-order valence-corrected chi connectivity index (χ2v) is 12.6. The molecule has 0 bridgehead atoms. The predicted octanol–water partition coefficient (Wildman–Crippen LogP) is 5.63. The summed E-state index contributed by atoms with van der Waals surface area (Å²) in [7, 11) is -2.80. The van der Waals surface area contributed by atoms with Gasteiger partial charge in [0.2, 0.25) is 11.8 Å². The summed E-state index contributed by atoms with van der Waals surface area (Å²) in [5, 5.41) is 3.33. The number of sulfonamides is 1. The number of hydrogen-bond donors (Lipinski definition) is 1. The summed E-state index contributed by atoms with van der Waals surface area (Å²) in [5.41, 5.74) is 2.53. The van der Waals surface area contributed by atoms with Crippen LogP contribution in [0.3, 0.4) is 0 Å². The Hall–Kier alpha value is -4.34. The number of likely N-dealkylation sites (N-methyl/N-ethyl adjacent to an activating group) is 1. The van der Waals surface area contributed by atoms with Crippen molar-refractivity contribution in [3.05, 3.63) is 125 Å². The van der Waals surface area contributed by atoms with Crippen molar-refractivity contribution in [1.82, 2.24) is 10.2 Å². The van der Waals surface area contributed by atoms with Crippen LogP contribution in [-0.2, 0) is 32.6 Å². The molecule has 0 aliphatic heterocycles. The highest BCUT2D eigenvalue weighted by Crippen LogP contribution is 2.34. The molecule has 2 amide bonds. The highest BCUT2D eigenvalue weighted by Gasteiger charge is 2.35. The number of carbonyl (C=O) groups excluding carboxylic acids is 2. The second kappa shape index (κ2) is 14.9. The van der Waals surface area contributed by atoms with Gasteiger partial charge in [-0.15, -0.1) is 0 Å². The quantitative estimate of drug-likeness (QED) is 0.206. The van der Waals surface area contributed by atoms with Gasteiger partial charge in [-0.25, -0.2) is 8.42 Å². The summed E-state index contributed by atoms with van der Waals surface area (Å²) >= 11 is 6.29. The minimum absolute atomic E-state index is 0.0160. The molecule has 4 aromatic rings. The normalized spacial score (nSPS) is 11.8. The molecule has 10 heteroatoms. The molecule has 0 radical (unpaired) electrons. The first-order chi connectivity index (χ1) is 21.1. The van der Waals surface area contributed by atoms with Crippen molar-refractivity contribution < 1.29 is 22.7 Å². The number of amides is 2. The molecule has 1 atom stereocenters. The summed E-state index contributed by atoms with van der Waals surface area (Å²) in [4.78, 5) is 29.5. The first-order valence-electron chi connectivity index (χ1n) is 14.2. The molecule has 0 unspecified atom stereocenters. The second-order valence-electron chi connectivity index (χ2n) is 10.3. The van der Waals surface area contributed by atoms with Crippen LogP contribution in [0.5, 0.6) is 5.75 Å². The minimum atomic E-state index is -4.24. The van der Waals surface area contributed by atoms with Crippen LogP contribution >= 0.6 is 11.6 Å². The summed E-state index contributed by atoms with van der Waals surface area (Å²) < 4.78 is 35.0. The van der Waals surface area contributed by atoms with E-state index in [1.54, 1.807) is 61.5 Å². The van der Waals surface area contributed by atoms with Crippen LogP contribution in [0, 0.1) is 6.92 Å². The van der Waals surface area contributed by atoms with Crippen LogP contribution in [0.2, 0.25) is 5.02 Å². The molecule has 0 saturated heterocycles. The Kier molecular flexibility index (Phi) is 11.0. The number of rotatable bonds is 13. The Morgan fingerprint density at radius 3 is 2.18 bits per heavy atom. The molecular weight excluding hydrogens is 598 g/mol. The first kappa shape index (κ1) is 32.6. The third-order valence-electron chi connectivity index (χ3n) is 7.08. The van der Waals surface area contributed by atoms with Crippen LogP contribution in [0.25, 0.3) is 0 Å². The van der Waals surface area contributed by atoms with Crippen molar-refractivity contribution in [1.29, 1.82) is 0 Å². The molecule has 0 aliphatic carbocycles. The van der Waals surface area contributed by atoms with E-state index >= 15 is 0 Å². The molecule has 0 aromatic heterocycles. The average molecular weight is 634 g/mol. The highest BCUT2D eigenvalue weighted by molar-refractivity contribution is 7.92. The van der Waals surface area contributed by atoms with E-state index in [1.807, 2.05) is 43.3 Å². The molecule has 4 aromatic carbocycles. The maximum atomic E-state index is 14.5. The SMILES string of the molecule is CCNC(=O)[C@@H](Cc1ccccc1)N(Cc1cccc(Cl)c1)C(=O)CN(c1cc(C)ccc1OC)S(=O)(=O)c1ccccc1. The molecule has 0 fully saturated rings. The Labute approximate surface area is 264 Å². The Balaban J connectivity index is 1.84. The van der Waals surface area contributed by atoms with E-state index in [1.165, 1.54) is 24.1 Å². The van der Waals surface area contributed by atoms with Crippen LogP contribution in [0.1, 0.15) is 23.6 Å². The van der Waals surface area contributed by atoms with Crippen LogP contribution < -0.4 is 14.4 Å². The number of aryl methyl sites for hydroxylation is 1. The van der Waals surface area contributed by atoms with Crippen molar-refractivity contribution in [2.24, 2.45) is 0 Å². The van der Waals surface area contributed by atoms with Crippen LogP contribution in [0.4, 0.5) is 5.69 Å². The molecular formula is C34H36ClN3O5S. The number of methoxy groups -OCH3 is 1. The monoisotopic (exact) mass is 633 g/mol. The van der Waals surface area contributed by atoms with Crippen molar-refractivity contribution in [3.8, 4) is 5.75 Å². The number of hydrogen-bond acceptors (Lipinski definition) is 5. The van der Waals surface area contributed by atoms with Crippen molar-refractivity contribution >= 4 is 39.1 Å². The number of benzene rings is 4. The third-order valence-corrected chi connectivity index (χ3v) is 9.09. The van der Waals surface area contributed by atoms with Gasteiger partial charge in [-0.1, -0.05) is 78.3 Å². The standard InChI is InChI=1S/C34H36ClN3O5S/c1-4-36-34(40)31(22-26-12-7-5-8-13-26)37(23-27-14-11-15-28(35)21-27)33(39)24-38(30-20-25(2)18-19-32(30)43-3)44(41,42)29-16-9-6-10-17-29/h5-21,31H,4,22-24H2,1-3H3,(H,36,40)/t31-/m1/s1. The van der Waals surface area contributed by atoms with E-state index in [4.69, 9.17) is 16.3 Å². The highest BCUT2D eigenvalue weighted by atomic mass is 35.5. The lowest BCUT2D eigenvalue weighted by Crippen LogP contribution is -2.53. The fourth-order valence-corrected chi connectivity index (χ4v) is 6.56. The van der Waals surface area contributed by atoms with Gasteiger partial charge in [0, 0.05) is 24.5 Å². The van der Waals surface area contributed by atoms with Gasteiger partial charge in [0.15, 0.2) is 0 Å². The van der Waals surface area contributed by atoms with Crippen molar-refractivity contribution in [2.45, 2.75) is 37.8 Å². The summed E-state index contributed by atoms with van der Waals surface area (Å²) in [6, 6.07) is 28.5. The minimum Gasteiger partial charge on any atom is -0.495 e. The van der Waals surface area contributed by atoms with Crippen molar-refractivity contribution in [2.75, 3.05) is 24.5 Å². The number of carbonyl (C=O) groups is 2. The lowest BCUT2D eigenvalue weighted by atomic mass is 10.0. The Morgan fingerprint density at radius 1 is 0.886 bits per heavy atom. The van der Waals surface area contributed by atoms with E-state index < -0.39 is 28.5 Å². The fourth-order valence-electron chi connectivity index (χ4n) is 4.91. The zero-order valence-corrected chi connectivity index (χ0v) is 26.5. The van der Waals surface area contributed by atoms with Crippen LogP contribution in [-0.4, -0.2) is 51.4 Å². The summed E-state index contributed by atoms with van der Waals surface area (Å²) in [5.74, 6) is -0.633. The van der Waals surface area contributed by atoms with Gasteiger partial charge in [0.25, 0.3) is 10.0 Å². The van der Waals surface area contributed by atoms with E-state index in [0.29, 0.717) is 17.1 Å². The number of halogens is 1. The van der Waals surface area contributed by atoms with Gasteiger partial charge in [-0.05, 0) is 66.9 Å². The van der Waals surface area contributed by atoms with Gasteiger partial charge < -0.3 is 15.0 Å². The average Bonchev–Trinajstić information content (AvgIpc) is 3.02. The van der Waals surface area contributed by atoms with Crippen molar-refractivity contribution in [3.63, 3.8) is 0 Å². The van der Waals surface area contributed by atoms with E-state index in [-0.39, 0.29) is 35.2 Å². The van der Waals surface area contributed by atoms with Gasteiger partial charge in [-0.3, -0.25) is 13.9 Å². The topological polar surface area (TPSA) is 96.0 Å². The summed E-state index contributed by atoms with van der Waals surface area (Å²) in [6.07, 6.45) is 0.220. The fraction of sp³-hybridized carbons (Fsp3) is 0.235. The number of nitrogens with one attached hydrogen (secondary N) is 1. The maximum absolute atomic E-state index is 14.5. The number of ether oxygens (including phenoxy) is 1. The Bertz CT molecular complexity index is 1680. The summed E-state index contributed by atoms with van der Waals surface area (Å²) in [6.45, 7) is 3.44. The van der Waals surface area contributed by atoms with E-state index in [2.05, 4.69) is 5.32 Å². The largest absolute Gasteiger partial charge is 0.495 e. The predicted molar refractivity (Wildman–Crippen MR) is 173 cm³/mol. The first-order valence-corrected chi connectivity index (χ1v) is 16.0. The molecule has 230 valence electrons. The van der Waals surface area contributed by atoms with Gasteiger partial charge in [0.1, 0.15) is 18.3 Å². The van der Waals surface area contributed by atoms with Gasteiger partial charge in [0.05, 0.1) is 17.7 Å². The van der Waals surface area contributed by atoms with E-state index in [9.17, 15) is 18.0 Å². The van der Waals surface area contributed by atoms with E-state index in [0.717, 1.165) is 15.4 Å².